The lowest BCUT2D eigenvalue weighted by molar-refractivity contribution is 0.0668. The van der Waals surface area contributed by atoms with E-state index in [-0.39, 0.29) is 18.7 Å². The minimum atomic E-state index is -0.222. The summed E-state index contributed by atoms with van der Waals surface area (Å²) in [5, 5.41) is 0. The molecule has 0 amide bonds. The lowest BCUT2D eigenvalue weighted by Gasteiger charge is -2.37. The number of ether oxygens (including phenoxy) is 3. The second kappa shape index (κ2) is 11.2. The van der Waals surface area contributed by atoms with Gasteiger partial charge in [0, 0.05) is 55.5 Å². The first-order valence-electron chi connectivity index (χ1n) is 13.6. The zero-order valence-corrected chi connectivity index (χ0v) is 21.9. The highest BCUT2D eigenvalue weighted by atomic mass is 19.1. The van der Waals surface area contributed by atoms with Gasteiger partial charge in [0.25, 0.3) is 0 Å². The molecule has 0 aliphatic carbocycles. The molecule has 0 unspecified atom stereocenters. The van der Waals surface area contributed by atoms with Gasteiger partial charge in [0.05, 0.1) is 19.9 Å². The molecule has 0 radical (unpaired) electrons. The molecule has 3 heterocycles. The third-order valence-electron chi connectivity index (χ3n) is 7.85. The highest BCUT2D eigenvalue weighted by Gasteiger charge is 2.30. The number of hydrogen-bond donors (Lipinski definition) is 0. The van der Waals surface area contributed by atoms with E-state index >= 15 is 0 Å². The van der Waals surface area contributed by atoms with Gasteiger partial charge >= 0.3 is 0 Å². The average Bonchev–Trinajstić information content (AvgIpc) is 2.95. The molecule has 0 aromatic heterocycles. The molecule has 3 aromatic carbocycles. The maximum Gasteiger partial charge on any atom is 0.150 e. The van der Waals surface area contributed by atoms with Gasteiger partial charge in [0.15, 0.2) is 0 Å². The van der Waals surface area contributed by atoms with Crippen LogP contribution < -0.4 is 14.4 Å². The minimum Gasteiger partial charge on any atom is -0.492 e. The molecule has 6 heteroatoms. The van der Waals surface area contributed by atoms with Crippen molar-refractivity contribution in [1.29, 1.82) is 0 Å². The van der Waals surface area contributed by atoms with E-state index < -0.39 is 0 Å². The van der Waals surface area contributed by atoms with Crippen LogP contribution in [0, 0.1) is 5.92 Å². The highest BCUT2D eigenvalue weighted by molar-refractivity contribution is 5.96. The molecule has 2 saturated heterocycles. The smallest absolute Gasteiger partial charge is 0.150 e. The maximum absolute atomic E-state index is 12.6. The fourth-order valence-electron chi connectivity index (χ4n) is 5.67. The Kier molecular flexibility index (Phi) is 7.34. The SMILES string of the molecule is CC1=C(c2ccccc2)[C@H](c2ccc(OCCN3CC(CF)C3)cc2)Oc2ccc(N3CCOCC3)cc21. The van der Waals surface area contributed by atoms with Crippen LogP contribution in [0.2, 0.25) is 0 Å². The summed E-state index contributed by atoms with van der Waals surface area (Å²) in [6.45, 7) is 8.42. The van der Waals surface area contributed by atoms with Gasteiger partial charge in [-0.1, -0.05) is 42.5 Å². The van der Waals surface area contributed by atoms with Gasteiger partial charge < -0.3 is 19.1 Å². The first-order valence-corrected chi connectivity index (χ1v) is 13.6. The van der Waals surface area contributed by atoms with Crippen molar-refractivity contribution in [3.63, 3.8) is 0 Å². The third kappa shape index (κ3) is 5.16. The Morgan fingerprint density at radius 1 is 0.947 bits per heavy atom. The summed E-state index contributed by atoms with van der Waals surface area (Å²) in [6.07, 6.45) is -0.216. The molecule has 3 aliphatic rings. The van der Waals surface area contributed by atoms with Crippen molar-refractivity contribution in [2.45, 2.75) is 13.0 Å². The lowest BCUT2D eigenvalue weighted by Crippen LogP contribution is -2.49. The average molecular weight is 515 g/mol. The highest BCUT2D eigenvalue weighted by Crippen LogP contribution is 2.47. The van der Waals surface area contributed by atoms with E-state index in [1.54, 1.807) is 0 Å². The van der Waals surface area contributed by atoms with E-state index in [0.717, 1.165) is 68.6 Å². The molecule has 0 bridgehead atoms. The van der Waals surface area contributed by atoms with Crippen molar-refractivity contribution < 1.29 is 18.6 Å². The molecule has 3 aliphatic heterocycles. The van der Waals surface area contributed by atoms with Gasteiger partial charge in [-0.25, -0.2) is 0 Å². The number of halogens is 1. The molecule has 198 valence electrons. The molecule has 1 atom stereocenters. The minimum absolute atomic E-state index is 0.205. The number of anilines is 1. The van der Waals surface area contributed by atoms with Gasteiger partial charge in [0.2, 0.25) is 0 Å². The zero-order valence-electron chi connectivity index (χ0n) is 21.9. The predicted molar refractivity (Wildman–Crippen MR) is 150 cm³/mol. The maximum atomic E-state index is 12.6. The Hall–Kier alpha value is -3.35. The van der Waals surface area contributed by atoms with E-state index in [9.17, 15) is 4.39 Å². The summed E-state index contributed by atoms with van der Waals surface area (Å²) in [4.78, 5) is 4.61. The monoisotopic (exact) mass is 514 g/mol. The van der Waals surface area contributed by atoms with Crippen molar-refractivity contribution in [3.05, 3.63) is 89.5 Å². The first kappa shape index (κ1) is 25.0. The topological polar surface area (TPSA) is 34.2 Å². The first-order chi connectivity index (χ1) is 18.7. The van der Waals surface area contributed by atoms with E-state index in [1.807, 2.05) is 18.2 Å². The number of fused-ring (bicyclic) bond motifs is 1. The fraction of sp³-hybridized carbons (Fsp3) is 0.375. The molecule has 0 saturated carbocycles. The molecule has 2 fully saturated rings. The summed E-state index contributed by atoms with van der Waals surface area (Å²) < 4.78 is 30.9. The van der Waals surface area contributed by atoms with Crippen molar-refractivity contribution >= 4 is 16.8 Å². The van der Waals surface area contributed by atoms with Crippen LogP contribution in [0.15, 0.2) is 72.8 Å². The molecule has 3 aromatic rings. The molecular formula is C32H35FN2O3. The van der Waals surface area contributed by atoms with Crippen LogP contribution in [0.1, 0.15) is 29.7 Å². The molecule has 0 spiro atoms. The molecule has 38 heavy (non-hydrogen) atoms. The second-order valence-corrected chi connectivity index (χ2v) is 10.4. The largest absolute Gasteiger partial charge is 0.492 e. The number of hydrogen-bond acceptors (Lipinski definition) is 5. The normalized spacial score (nSPS) is 20.1. The summed E-state index contributed by atoms with van der Waals surface area (Å²) >= 11 is 0. The Morgan fingerprint density at radius 3 is 2.45 bits per heavy atom. The molecule has 5 nitrogen and oxygen atoms in total. The number of alkyl halides is 1. The Bertz CT molecular complexity index is 1270. The van der Waals surface area contributed by atoms with Crippen LogP contribution in [0.25, 0.3) is 11.1 Å². The Balaban J connectivity index is 1.24. The van der Waals surface area contributed by atoms with Crippen LogP contribution in [0.5, 0.6) is 11.5 Å². The number of morpholine rings is 1. The Labute approximate surface area is 224 Å². The molecule has 6 rings (SSSR count). The van der Waals surface area contributed by atoms with Gasteiger partial charge in [-0.2, -0.15) is 0 Å². The van der Waals surface area contributed by atoms with Gasteiger partial charge in [-0.05, 0) is 54.0 Å². The Morgan fingerprint density at radius 2 is 1.71 bits per heavy atom. The number of benzene rings is 3. The van der Waals surface area contributed by atoms with Crippen LogP contribution in [-0.4, -0.2) is 64.1 Å². The van der Waals surface area contributed by atoms with Crippen LogP contribution in [0.3, 0.4) is 0 Å². The van der Waals surface area contributed by atoms with E-state index in [4.69, 9.17) is 14.2 Å². The third-order valence-corrected chi connectivity index (χ3v) is 7.85. The summed E-state index contributed by atoms with van der Waals surface area (Å²) in [5.74, 6) is 1.95. The van der Waals surface area contributed by atoms with E-state index in [1.165, 1.54) is 22.4 Å². The van der Waals surface area contributed by atoms with E-state index in [0.29, 0.717) is 6.61 Å². The van der Waals surface area contributed by atoms with Gasteiger partial charge in [0.1, 0.15) is 24.2 Å². The number of nitrogens with zero attached hydrogens (tertiary/aromatic N) is 2. The summed E-state index contributed by atoms with van der Waals surface area (Å²) in [6, 6.07) is 25.3. The summed E-state index contributed by atoms with van der Waals surface area (Å²) in [7, 11) is 0. The number of rotatable bonds is 8. The molecule has 0 N–H and O–H groups in total. The second-order valence-electron chi connectivity index (χ2n) is 10.4. The summed E-state index contributed by atoms with van der Waals surface area (Å²) in [5.41, 5.74) is 7.03. The van der Waals surface area contributed by atoms with Crippen LogP contribution >= 0.6 is 0 Å². The van der Waals surface area contributed by atoms with Crippen molar-refractivity contribution in [2.75, 3.05) is 64.1 Å². The van der Waals surface area contributed by atoms with Crippen molar-refractivity contribution in [3.8, 4) is 11.5 Å². The van der Waals surface area contributed by atoms with Crippen LogP contribution in [-0.2, 0) is 4.74 Å². The van der Waals surface area contributed by atoms with Gasteiger partial charge in [-0.3, -0.25) is 9.29 Å². The van der Waals surface area contributed by atoms with Crippen molar-refractivity contribution in [2.24, 2.45) is 5.92 Å². The number of allylic oxidation sites excluding steroid dienone is 1. The predicted octanol–water partition coefficient (Wildman–Crippen LogP) is 5.87. The van der Waals surface area contributed by atoms with E-state index in [2.05, 4.69) is 71.3 Å². The number of likely N-dealkylation sites (tertiary alicyclic amines) is 1. The molecular weight excluding hydrogens is 479 g/mol. The zero-order chi connectivity index (χ0) is 25.9. The quantitative estimate of drug-likeness (QED) is 0.376. The van der Waals surface area contributed by atoms with Crippen LogP contribution in [0.4, 0.5) is 10.1 Å². The van der Waals surface area contributed by atoms with Crippen molar-refractivity contribution in [1.82, 2.24) is 4.90 Å². The standard InChI is InChI=1S/C32H35FN2O3/c1-23-29-19-27(35-14-16-36-17-15-35)9-12-30(29)38-32(31(23)25-5-3-2-4-6-25)26-7-10-28(11-8-26)37-18-13-34-21-24(20-33)22-34/h2-12,19,24,32H,13-18,20-22H2,1H3/t32-/m0/s1. The van der Waals surface area contributed by atoms with Gasteiger partial charge in [-0.15, -0.1) is 0 Å². The fourth-order valence-corrected chi connectivity index (χ4v) is 5.67. The lowest BCUT2D eigenvalue weighted by atomic mass is 9.86.